The predicted molar refractivity (Wildman–Crippen MR) is 42.2 cm³/mol. The van der Waals surface area contributed by atoms with Gasteiger partial charge in [0.15, 0.2) is 0 Å². The van der Waals surface area contributed by atoms with Crippen molar-refractivity contribution in [2.24, 2.45) is 0 Å². The Morgan fingerprint density at radius 2 is 2.55 bits per heavy atom. The molecule has 0 spiro atoms. The summed E-state index contributed by atoms with van der Waals surface area (Å²) in [7, 11) is 1.40. The van der Waals surface area contributed by atoms with Gasteiger partial charge in [0, 0.05) is 18.2 Å². The van der Waals surface area contributed by atoms with E-state index in [1.54, 1.807) is 0 Å². The van der Waals surface area contributed by atoms with Crippen LogP contribution in [0.15, 0.2) is 11.6 Å². The third-order valence-electron chi connectivity index (χ3n) is 1.81. The molecule has 1 aliphatic heterocycles. The minimum absolute atomic E-state index is 0.218. The lowest BCUT2D eigenvalue weighted by Gasteiger charge is -2.18. The first-order chi connectivity index (χ1) is 5.24. The number of rotatable bonds is 1. The van der Waals surface area contributed by atoms with E-state index in [1.165, 1.54) is 7.11 Å². The van der Waals surface area contributed by atoms with Crippen LogP contribution in [0.25, 0.3) is 0 Å². The van der Waals surface area contributed by atoms with E-state index in [1.807, 2.05) is 6.08 Å². The Balaban J connectivity index is 2.54. The van der Waals surface area contributed by atoms with Crippen LogP contribution in [-0.2, 0) is 9.53 Å². The van der Waals surface area contributed by atoms with Crippen molar-refractivity contribution >= 4 is 5.97 Å². The molecule has 1 aliphatic rings. The van der Waals surface area contributed by atoms with Gasteiger partial charge in [0.2, 0.25) is 0 Å². The Morgan fingerprint density at radius 1 is 1.82 bits per heavy atom. The summed E-state index contributed by atoms with van der Waals surface area (Å²) >= 11 is 0. The van der Waals surface area contributed by atoms with Crippen molar-refractivity contribution in [3.05, 3.63) is 11.6 Å². The normalized spacial score (nSPS) is 24.2. The second kappa shape index (κ2) is 3.53. The van der Waals surface area contributed by atoms with Crippen LogP contribution in [-0.4, -0.2) is 25.7 Å². The van der Waals surface area contributed by atoms with Crippen molar-refractivity contribution in [3.63, 3.8) is 0 Å². The Morgan fingerprint density at radius 3 is 3.00 bits per heavy atom. The van der Waals surface area contributed by atoms with Gasteiger partial charge in [-0.2, -0.15) is 0 Å². The fraction of sp³-hybridized carbons (Fsp3) is 0.625. The minimum atomic E-state index is -0.218. The Hall–Kier alpha value is -0.830. The molecule has 3 nitrogen and oxygen atoms in total. The van der Waals surface area contributed by atoms with E-state index in [0.717, 1.165) is 12.0 Å². The summed E-state index contributed by atoms with van der Waals surface area (Å²) < 4.78 is 4.58. The summed E-state index contributed by atoms with van der Waals surface area (Å²) in [5, 5.41) is 3.18. The van der Waals surface area contributed by atoms with Crippen LogP contribution >= 0.6 is 0 Å². The number of carbonyl (C=O) groups is 1. The number of hydrogen-bond donors (Lipinski definition) is 1. The molecule has 62 valence electrons. The van der Waals surface area contributed by atoms with Crippen molar-refractivity contribution in [2.75, 3.05) is 13.7 Å². The van der Waals surface area contributed by atoms with Crippen LogP contribution in [0.4, 0.5) is 0 Å². The predicted octanol–water partition coefficient (Wildman–Crippen LogP) is 0.468. The minimum Gasteiger partial charge on any atom is -0.466 e. The molecule has 0 saturated carbocycles. The molecular weight excluding hydrogens is 142 g/mol. The molecule has 0 bridgehead atoms. The van der Waals surface area contributed by atoms with Crippen LogP contribution in [0.5, 0.6) is 0 Å². The van der Waals surface area contributed by atoms with E-state index >= 15 is 0 Å². The summed E-state index contributed by atoms with van der Waals surface area (Å²) in [6.45, 7) is 2.72. The van der Waals surface area contributed by atoms with Crippen LogP contribution in [0, 0.1) is 0 Å². The SMILES string of the molecule is COC(=O)C1=CCC(C)NC1. The fourth-order valence-electron chi connectivity index (χ4n) is 1.05. The van der Waals surface area contributed by atoms with E-state index in [-0.39, 0.29) is 5.97 Å². The van der Waals surface area contributed by atoms with E-state index in [4.69, 9.17) is 0 Å². The van der Waals surface area contributed by atoms with E-state index in [2.05, 4.69) is 17.0 Å². The Bertz CT molecular complexity index is 187. The Kier molecular flexibility index (Phi) is 2.65. The largest absolute Gasteiger partial charge is 0.466 e. The van der Waals surface area contributed by atoms with Crippen molar-refractivity contribution in [1.29, 1.82) is 0 Å². The second-order valence-corrected chi connectivity index (χ2v) is 2.74. The third-order valence-corrected chi connectivity index (χ3v) is 1.81. The van der Waals surface area contributed by atoms with E-state index < -0.39 is 0 Å². The molecule has 0 saturated heterocycles. The van der Waals surface area contributed by atoms with E-state index in [9.17, 15) is 4.79 Å². The maximum absolute atomic E-state index is 10.9. The van der Waals surface area contributed by atoms with Gasteiger partial charge in [-0.15, -0.1) is 0 Å². The average Bonchev–Trinajstić information content (AvgIpc) is 2.05. The monoisotopic (exact) mass is 155 g/mol. The first-order valence-corrected chi connectivity index (χ1v) is 3.74. The molecular formula is C8H13NO2. The van der Waals surface area contributed by atoms with Gasteiger partial charge in [0.25, 0.3) is 0 Å². The lowest BCUT2D eigenvalue weighted by atomic mass is 10.1. The van der Waals surface area contributed by atoms with E-state index in [0.29, 0.717) is 12.6 Å². The number of carbonyl (C=O) groups excluding carboxylic acids is 1. The zero-order chi connectivity index (χ0) is 8.27. The molecule has 0 aromatic carbocycles. The molecule has 0 fully saturated rings. The average molecular weight is 155 g/mol. The molecule has 1 heterocycles. The molecule has 1 rings (SSSR count). The third kappa shape index (κ3) is 2.05. The molecule has 0 aromatic heterocycles. The van der Waals surface area contributed by atoms with Crippen LogP contribution in [0.3, 0.4) is 0 Å². The molecule has 0 aromatic rings. The fourth-order valence-corrected chi connectivity index (χ4v) is 1.05. The number of methoxy groups -OCH3 is 1. The quantitative estimate of drug-likeness (QED) is 0.559. The molecule has 1 N–H and O–H groups in total. The molecule has 1 atom stereocenters. The van der Waals surface area contributed by atoms with Crippen molar-refractivity contribution in [1.82, 2.24) is 5.32 Å². The van der Waals surface area contributed by atoms with Crippen LogP contribution in [0.2, 0.25) is 0 Å². The molecule has 3 heteroatoms. The van der Waals surface area contributed by atoms with Gasteiger partial charge >= 0.3 is 5.97 Å². The summed E-state index contributed by atoms with van der Waals surface area (Å²) in [6.07, 6.45) is 2.84. The van der Waals surface area contributed by atoms with Gasteiger partial charge < -0.3 is 10.1 Å². The van der Waals surface area contributed by atoms with Crippen LogP contribution in [0.1, 0.15) is 13.3 Å². The summed E-state index contributed by atoms with van der Waals surface area (Å²) in [5.74, 6) is -0.218. The highest BCUT2D eigenvalue weighted by atomic mass is 16.5. The maximum atomic E-state index is 10.9. The number of hydrogen-bond acceptors (Lipinski definition) is 3. The van der Waals surface area contributed by atoms with Gasteiger partial charge in [0.1, 0.15) is 0 Å². The topological polar surface area (TPSA) is 38.3 Å². The van der Waals surface area contributed by atoms with Crippen LogP contribution < -0.4 is 5.32 Å². The van der Waals surface area contributed by atoms with Gasteiger partial charge in [-0.25, -0.2) is 4.79 Å². The summed E-state index contributed by atoms with van der Waals surface area (Å²) in [4.78, 5) is 10.9. The molecule has 0 radical (unpaired) electrons. The van der Waals surface area contributed by atoms with Crippen molar-refractivity contribution < 1.29 is 9.53 Å². The van der Waals surface area contributed by atoms with Gasteiger partial charge in [-0.1, -0.05) is 6.08 Å². The number of nitrogens with one attached hydrogen (secondary N) is 1. The first kappa shape index (κ1) is 8.27. The molecule has 0 amide bonds. The zero-order valence-corrected chi connectivity index (χ0v) is 6.89. The number of esters is 1. The Labute approximate surface area is 66.4 Å². The summed E-state index contributed by atoms with van der Waals surface area (Å²) in [5.41, 5.74) is 0.741. The van der Waals surface area contributed by atoms with Gasteiger partial charge in [-0.05, 0) is 13.3 Å². The lowest BCUT2D eigenvalue weighted by molar-refractivity contribution is -0.136. The summed E-state index contributed by atoms with van der Waals surface area (Å²) in [6, 6.07) is 0.475. The van der Waals surface area contributed by atoms with Crippen molar-refractivity contribution in [3.8, 4) is 0 Å². The maximum Gasteiger partial charge on any atom is 0.334 e. The molecule has 0 aliphatic carbocycles. The highest BCUT2D eigenvalue weighted by Crippen LogP contribution is 2.06. The van der Waals surface area contributed by atoms with Gasteiger partial charge in [0.05, 0.1) is 7.11 Å². The molecule has 1 unspecified atom stereocenters. The lowest BCUT2D eigenvalue weighted by Crippen LogP contribution is -2.33. The zero-order valence-electron chi connectivity index (χ0n) is 6.89. The highest BCUT2D eigenvalue weighted by molar-refractivity contribution is 5.88. The highest BCUT2D eigenvalue weighted by Gasteiger charge is 2.14. The smallest absolute Gasteiger partial charge is 0.334 e. The molecule has 11 heavy (non-hydrogen) atoms. The van der Waals surface area contributed by atoms with Gasteiger partial charge in [-0.3, -0.25) is 0 Å². The first-order valence-electron chi connectivity index (χ1n) is 3.74. The number of ether oxygens (including phenoxy) is 1. The van der Waals surface area contributed by atoms with Crippen molar-refractivity contribution in [2.45, 2.75) is 19.4 Å². The second-order valence-electron chi connectivity index (χ2n) is 2.74. The standard InChI is InChI=1S/C8H13NO2/c1-6-3-4-7(5-9-6)8(10)11-2/h4,6,9H,3,5H2,1-2H3.